The monoisotopic (exact) mass is 305 g/mol. The Hall–Kier alpha value is -0.900. The molecule has 1 N–H and O–H groups in total. The van der Waals surface area contributed by atoms with E-state index in [1.54, 1.807) is 11.3 Å². The topological polar surface area (TPSA) is 12.0 Å². The lowest BCUT2D eigenvalue weighted by Crippen LogP contribution is -2.36. The smallest absolute Gasteiger partial charge is 0.0351 e. The van der Waals surface area contributed by atoms with Gasteiger partial charge in [-0.15, -0.1) is 22.7 Å². The summed E-state index contributed by atoms with van der Waals surface area (Å²) in [7, 11) is 0. The van der Waals surface area contributed by atoms with Gasteiger partial charge in [0.2, 0.25) is 0 Å². The second kappa shape index (κ2) is 6.70. The first-order chi connectivity index (χ1) is 9.48. The van der Waals surface area contributed by atoms with Crippen LogP contribution in [0.15, 0.2) is 34.5 Å². The van der Waals surface area contributed by atoms with E-state index in [9.17, 15) is 0 Å². The molecule has 0 aliphatic heterocycles. The number of rotatable bonds is 5. The maximum Gasteiger partial charge on any atom is 0.0351 e. The van der Waals surface area contributed by atoms with Gasteiger partial charge in [0.25, 0.3) is 0 Å². The number of hydrogen-bond acceptors (Lipinski definition) is 3. The summed E-state index contributed by atoms with van der Waals surface area (Å²) < 4.78 is 0. The lowest BCUT2D eigenvalue weighted by Gasteiger charge is -2.21. The molecule has 0 saturated heterocycles. The number of hydrogen-bond donors (Lipinski definition) is 1. The van der Waals surface area contributed by atoms with Crippen molar-refractivity contribution in [2.24, 2.45) is 0 Å². The third-order valence-electron chi connectivity index (χ3n) is 3.07. The molecule has 2 heterocycles. The molecular weight excluding hydrogens is 282 g/mol. The Bertz CT molecular complexity index is 556. The van der Waals surface area contributed by atoms with E-state index in [2.05, 4.69) is 68.0 Å². The molecule has 2 aromatic heterocycles. The van der Waals surface area contributed by atoms with E-state index < -0.39 is 0 Å². The zero-order valence-electron chi connectivity index (χ0n) is 12.7. The van der Waals surface area contributed by atoms with Crippen LogP contribution in [-0.4, -0.2) is 12.1 Å². The molecule has 0 aromatic carbocycles. The zero-order valence-corrected chi connectivity index (χ0v) is 14.3. The Labute approximate surface area is 130 Å². The summed E-state index contributed by atoms with van der Waals surface area (Å²) in [4.78, 5) is 2.70. The minimum absolute atomic E-state index is 0.172. The van der Waals surface area contributed by atoms with Gasteiger partial charge in [-0.2, -0.15) is 0 Å². The summed E-state index contributed by atoms with van der Waals surface area (Å²) in [5.74, 6) is 0. The minimum atomic E-state index is 0.172. The summed E-state index contributed by atoms with van der Waals surface area (Å²) >= 11 is 3.63. The average Bonchev–Trinajstić information content (AvgIpc) is 3.03. The fourth-order valence-corrected chi connectivity index (χ4v) is 3.54. The van der Waals surface area contributed by atoms with E-state index in [1.165, 1.54) is 20.9 Å². The normalized spacial score (nSPS) is 12.9. The summed E-state index contributed by atoms with van der Waals surface area (Å²) in [6.45, 7) is 9.82. The predicted octanol–water partition coefficient (Wildman–Crippen LogP) is 5.66. The molecule has 0 spiro atoms. The Morgan fingerprint density at radius 2 is 2.10 bits per heavy atom. The van der Waals surface area contributed by atoms with Crippen LogP contribution < -0.4 is 5.32 Å². The van der Waals surface area contributed by atoms with Gasteiger partial charge in [0.05, 0.1) is 0 Å². The molecular formula is C17H23NS2. The second-order valence-electron chi connectivity index (χ2n) is 5.97. The summed E-state index contributed by atoms with van der Waals surface area (Å²) in [5, 5.41) is 7.95. The van der Waals surface area contributed by atoms with Crippen molar-refractivity contribution in [1.29, 1.82) is 0 Å². The van der Waals surface area contributed by atoms with Crippen molar-refractivity contribution >= 4 is 28.7 Å². The molecule has 0 radical (unpaired) electrons. The molecule has 0 fully saturated rings. The number of thiophene rings is 2. The Morgan fingerprint density at radius 1 is 1.30 bits per heavy atom. The highest BCUT2D eigenvalue weighted by Crippen LogP contribution is 2.30. The van der Waals surface area contributed by atoms with Gasteiger partial charge in [-0.3, -0.25) is 0 Å². The van der Waals surface area contributed by atoms with Crippen LogP contribution in [0.5, 0.6) is 0 Å². The van der Waals surface area contributed by atoms with Crippen LogP contribution in [0.3, 0.4) is 0 Å². The molecule has 0 atom stereocenters. The molecule has 0 aliphatic carbocycles. The van der Waals surface area contributed by atoms with Gasteiger partial charge in [-0.1, -0.05) is 18.6 Å². The van der Waals surface area contributed by atoms with Crippen molar-refractivity contribution in [3.8, 4) is 10.4 Å². The van der Waals surface area contributed by atoms with Gasteiger partial charge in [0.15, 0.2) is 0 Å². The van der Waals surface area contributed by atoms with Crippen molar-refractivity contribution < 1.29 is 0 Å². The van der Waals surface area contributed by atoms with E-state index in [1.807, 2.05) is 11.3 Å². The van der Waals surface area contributed by atoms with Crippen LogP contribution in [0.1, 0.15) is 39.0 Å². The molecule has 0 aliphatic rings. The third-order valence-corrected chi connectivity index (χ3v) is 4.87. The molecule has 0 saturated carbocycles. The van der Waals surface area contributed by atoms with Crippen LogP contribution in [0.2, 0.25) is 0 Å². The van der Waals surface area contributed by atoms with Crippen molar-refractivity contribution in [2.75, 3.05) is 6.54 Å². The molecule has 1 nitrogen and oxygen atoms in total. The van der Waals surface area contributed by atoms with Crippen LogP contribution in [-0.2, 0) is 0 Å². The maximum absolute atomic E-state index is 3.57. The molecule has 108 valence electrons. The molecule has 0 amide bonds. The van der Waals surface area contributed by atoms with Gasteiger partial charge in [-0.25, -0.2) is 0 Å². The standard InChI is InChI=1S/C17H23NS2/c1-5-13(11-18-17(2,3)4)9-15-10-14(12-20-15)16-7-6-8-19-16/h6-10,12,18H,5,11H2,1-4H3. The van der Waals surface area contributed by atoms with Crippen LogP contribution in [0.25, 0.3) is 16.5 Å². The largest absolute Gasteiger partial charge is 0.308 e. The SMILES string of the molecule is CCC(=Cc1cc(-c2cccs2)cs1)CNC(C)(C)C. The molecule has 2 aromatic rings. The van der Waals surface area contributed by atoms with Gasteiger partial charge < -0.3 is 5.32 Å². The highest BCUT2D eigenvalue weighted by Gasteiger charge is 2.09. The lowest BCUT2D eigenvalue weighted by molar-refractivity contribution is 0.443. The fourth-order valence-electron chi connectivity index (χ4n) is 1.86. The number of nitrogens with one attached hydrogen (secondary N) is 1. The van der Waals surface area contributed by atoms with Gasteiger partial charge in [0.1, 0.15) is 0 Å². The first kappa shape index (κ1) is 15.5. The third kappa shape index (κ3) is 4.58. The Morgan fingerprint density at radius 3 is 2.70 bits per heavy atom. The molecule has 0 bridgehead atoms. The van der Waals surface area contributed by atoms with Crippen molar-refractivity contribution in [3.63, 3.8) is 0 Å². The highest BCUT2D eigenvalue weighted by atomic mass is 32.1. The Balaban J connectivity index is 2.08. The zero-order chi connectivity index (χ0) is 14.6. The lowest BCUT2D eigenvalue weighted by atomic mass is 10.1. The fraction of sp³-hybridized carbons (Fsp3) is 0.412. The molecule has 3 heteroatoms. The van der Waals surface area contributed by atoms with Gasteiger partial charge in [0, 0.05) is 27.4 Å². The maximum atomic E-state index is 3.57. The summed E-state index contributed by atoms with van der Waals surface area (Å²) in [6, 6.07) is 6.59. The average molecular weight is 306 g/mol. The van der Waals surface area contributed by atoms with E-state index in [0.29, 0.717) is 0 Å². The van der Waals surface area contributed by atoms with E-state index in [4.69, 9.17) is 0 Å². The quantitative estimate of drug-likeness (QED) is 0.751. The first-order valence-electron chi connectivity index (χ1n) is 7.05. The molecule has 0 unspecified atom stereocenters. The van der Waals surface area contributed by atoms with Crippen LogP contribution in [0, 0.1) is 0 Å². The second-order valence-corrected chi connectivity index (χ2v) is 7.87. The van der Waals surface area contributed by atoms with Crippen LogP contribution >= 0.6 is 22.7 Å². The minimum Gasteiger partial charge on any atom is -0.308 e. The van der Waals surface area contributed by atoms with Crippen molar-refractivity contribution in [1.82, 2.24) is 5.32 Å². The molecule has 2 rings (SSSR count). The van der Waals surface area contributed by atoms with Crippen LogP contribution in [0.4, 0.5) is 0 Å². The Kier molecular flexibility index (Phi) is 5.19. The highest BCUT2D eigenvalue weighted by molar-refractivity contribution is 7.15. The predicted molar refractivity (Wildman–Crippen MR) is 93.7 cm³/mol. The summed E-state index contributed by atoms with van der Waals surface area (Å²) in [5.41, 5.74) is 2.97. The van der Waals surface area contributed by atoms with Crippen molar-refractivity contribution in [2.45, 2.75) is 39.7 Å². The van der Waals surface area contributed by atoms with Gasteiger partial charge in [-0.05, 0) is 56.2 Å². The van der Waals surface area contributed by atoms with Crippen molar-refractivity contribution in [3.05, 3.63) is 39.4 Å². The van der Waals surface area contributed by atoms with E-state index >= 15 is 0 Å². The van der Waals surface area contributed by atoms with E-state index in [0.717, 1.165) is 13.0 Å². The molecule has 20 heavy (non-hydrogen) atoms. The summed E-state index contributed by atoms with van der Waals surface area (Å²) in [6.07, 6.45) is 3.43. The van der Waals surface area contributed by atoms with E-state index in [-0.39, 0.29) is 5.54 Å². The first-order valence-corrected chi connectivity index (χ1v) is 8.81. The van der Waals surface area contributed by atoms with Gasteiger partial charge >= 0.3 is 0 Å².